The van der Waals surface area contributed by atoms with Gasteiger partial charge in [-0.25, -0.2) is 4.79 Å². The quantitative estimate of drug-likeness (QED) is 0.756. The van der Waals surface area contributed by atoms with Gasteiger partial charge in [-0.1, -0.05) is 32.9 Å². The van der Waals surface area contributed by atoms with Crippen molar-refractivity contribution < 1.29 is 9.90 Å². The van der Waals surface area contributed by atoms with Crippen LogP contribution >= 0.6 is 11.8 Å². The highest BCUT2D eigenvalue weighted by Gasteiger charge is 2.22. The van der Waals surface area contributed by atoms with Crippen LogP contribution in [0.15, 0.2) is 24.3 Å². The average Bonchev–Trinajstić information content (AvgIpc) is 2.43. The van der Waals surface area contributed by atoms with Gasteiger partial charge < -0.3 is 15.7 Å². The summed E-state index contributed by atoms with van der Waals surface area (Å²) in [5.41, 5.74) is 1.77. The minimum absolute atomic E-state index is 0.237. The zero-order valence-electron chi connectivity index (χ0n) is 13.3. The number of aryl methyl sites for hydroxylation is 1. The largest absolute Gasteiger partial charge is 0.391 e. The Bertz CT molecular complexity index is 441. The van der Waals surface area contributed by atoms with Crippen molar-refractivity contribution in [2.24, 2.45) is 5.41 Å². The summed E-state index contributed by atoms with van der Waals surface area (Å²) in [4.78, 5) is 11.8. The average molecular weight is 310 g/mol. The molecule has 0 aliphatic heterocycles. The second-order valence-electron chi connectivity index (χ2n) is 6.16. The van der Waals surface area contributed by atoms with Crippen LogP contribution in [-0.2, 0) is 6.42 Å². The van der Waals surface area contributed by atoms with Crippen molar-refractivity contribution in [3.8, 4) is 0 Å². The van der Waals surface area contributed by atoms with E-state index in [4.69, 9.17) is 0 Å². The van der Waals surface area contributed by atoms with Gasteiger partial charge in [-0.05, 0) is 41.5 Å². The highest BCUT2D eigenvalue weighted by Crippen LogP contribution is 2.18. The summed E-state index contributed by atoms with van der Waals surface area (Å²) >= 11 is 1.82. The Labute approximate surface area is 131 Å². The second-order valence-corrected chi connectivity index (χ2v) is 7.14. The first-order chi connectivity index (χ1) is 9.82. The molecule has 1 rings (SSSR count). The Balaban J connectivity index is 2.41. The number of nitrogens with one attached hydrogen (secondary N) is 2. The van der Waals surface area contributed by atoms with Crippen LogP contribution in [-0.4, -0.2) is 35.8 Å². The van der Waals surface area contributed by atoms with Crippen molar-refractivity contribution in [2.45, 2.75) is 33.3 Å². The Hall–Kier alpha value is -1.20. The highest BCUT2D eigenvalue weighted by molar-refractivity contribution is 7.98. The molecule has 0 saturated carbocycles. The Morgan fingerprint density at radius 3 is 2.43 bits per heavy atom. The third kappa shape index (κ3) is 6.87. The van der Waals surface area contributed by atoms with Gasteiger partial charge in [0.25, 0.3) is 0 Å². The number of carbonyl (C=O) groups excluding carboxylic acids is 1. The third-order valence-corrected chi connectivity index (χ3v) is 3.87. The van der Waals surface area contributed by atoms with Crippen molar-refractivity contribution in [1.29, 1.82) is 0 Å². The Morgan fingerprint density at radius 2 is 1.90 bits per heavy atom. The maximum atomic E-state index is 11.8. The molecule has 0 fully saturated rings. The predicted molar refractivity (Wildman–Crippen MR) is 91.0 cm³/mol. The number of benzene rings is 1. The van der Waals surface area contributed by atoms with Crippen LogP contribution < -0.4 is 10.6 Å². The van der Waals surface area contributed by atoms with E-state index in [1.54, 1.807) is 0 Å². The van der Waals surface area contributed by atoms with Gasteiger partial charge in [-0.3, -0.25) is 0 Å². The number of rotatable bonds is 6. The number of urea groups is 1. The molecular weight excluding hydrogens is 284 g/mol. The molecule has 1 aromatic carbocycles. The zero-order chi connectivity index (χ0) is 15.9. The number of anilines is 1. The van der Waals surface area contributed by atoms with E-state index in [9.17, 15) is 9.90 Å². The van der Waals surface area contributed by atoms with Crippen molar-refractivity contribution in [1.82, 2.24) is 5.32 Å². The van der Waals surface area contributed by atoms with Crippen LogP contribution in [0.3, 0.4) is 0 Å². The van der Waals surface area contributed by atoms with Gasteiger partial charge in [-0.15, -0.1) is 0 Å². The van der Waals surface area contributed by atoms with E-state index in [2.05, 4.69) is 16.9 Å². The Morgan fingerprint density at radius 1 is 1.29 bits per heavy atom. The normalized spacial score (nSPS) is 12.8. The van der Waals surface area contributed by atoms with E-state index >= 15 is 0 Å². The third-order valence-electron chi connectivity index (χ3n) is 3.26. The van der Waals surface area contributed by atoms with Crippen molar-refractivity contribution >= 4 is 23.5 Å². The molecule has 1 aromatic rings. The molecule has 21 heavy (non-hydrogen) atoms. The van der Waals surface area contributed by atoms with Gasteiger partial charge in [-0.2, -0.15) is 11.8 Å². The molecule has 3 N–H and O–H groups in total. The fraction of sp³-hybridized carbons (Fsp3) is 0.562. The van der Waals surface area contributed by atoms with Gasteiger partial charge in [0.15, 0.2) is 0 Å². The molecule has 1 unspecified atom stereocenters. The molecule has 0 aromatic heterocycles. The summed E-state index contributed by atoms with van der Waals surface area (Å²) < 4.78 is 0. The van der Waals surface area contributed by atoms with Gasteiger partial charge in [0, 0.05) is 12.2 Å². The fourth-order valence-corrected chi connectivity index (χ4v) is 2.09. The molecule has 1 atom stereocenters. The number of hydrogen-bond donors (Lipinski definition) is 3. The van der Waals surface area contributed by atoms with Gasteiger partial charge >= 0.3 is 6.03 Å². The number of hydrogen-bond acceptors (Lipinski definition) is 3. The summed E-state index contributed by atoms with van der Waals surface area (Å²) in [6.45, 7) is 6.04. The first kappa shape index (κ1) is 17.9. The smallest absolute Gasteiger partial charge is 0.319 e. The van der Waals surface area contributed by atoms with Crippen molar-refractivity contribution in [3.63, 3.8) is 0 Å². The van der Waals surface area contributed by atoms with Gasteiger partial charge in [0.1, 0.15) is 0 Å². The molecular formula is C16H26N2O2S. The van der Waals surface area contributed by atoms with E-state index in [-0.39, 0.29) is 18.0 Å². The lowest BCUT2D eigenvalue weighted by Crippen LogP contribution is -2.40. The lowest BCUT2D eigenvalue weighted by atomic mass is 9.89. The van der Waals surface area contributed by atoms with Crippen molar-refractivity contribution in [2.75, 3.05) is 23.9 Å². The van der Waals surface area contributed by atoms with E-state index in [1.165, 1.54) is 5.56 Å². The lowest BCUT2D eigenvalue weighted by molar-refractivity contribution is 0.0654. The van der Waals surface area contributed by atoms with Gasteiger partial charge in [0.2, 0.25) is 0 Å². The molecule has 0 saturated heterocycles. The lowest BCUT2D eigenvalue weighted by Gasteiger charge is -2.25. The van der Waals surface area contributed by atoms with Crippen LogP contribution in [0.5, 0.6) is 0 Å². The summed E-state index contributed by atoms with van der Waals surface area (Å²) in [5, 5.41) is 15.3. The van der Waals surface area contributed by atoms with E-state index in [1.807, 2.05) is 56.8 Å². The maximum Gasteiger partial charge on any atom is 0.319 e. The molecule has 0 spiro atoms. The number of carbonyl (C=O) groups is 1. The molecule has 0 aliphatic carbocycles. The first-order valence-corrected chi connectivity index (χ1v) is 8.53. The minimum atomic E-state index is -0.572. The number of aliphatic hydroxyl groups excluding tert-OH is 1. The standard InChI is InChI=1S/C16H26N2O2S/c1-16(2,3)14(19)11-17-15(20)18-13-7-5-12(6-8-13)9-10-21-4/h5-8,14,19H,9-11H2,1-4H3,(H2,17,18,20). The minimum Gasteiger partial charge on any atom is -0.391 e. The SMILES string of the molecule is CSCCc1ccc(NC(=O)NCC(O)C(C)(C)C)cc1. The van der Waals surface area contributed by atoms with Crippen LogP contribution in [0.4, 0.5) is 10.5 Å². The molecule has 0 bridgehead atoms. The van der Waals surface area contributed by atoms with Crippen LogP contribution in [0, 0.1) is 5.41 Å². The summed E-state index contributed by atoms with van der Waals surface area (Å²) in [6, 6.07) is 7.55. The molecule has 0 aliphatic rings. The number of thioether (sulfide) groups is 1. The fourth-order valence-electron chi connectivity index (χ4n) is 1.65. The molecule has 5 heteroatoms. The van der Waals surface area contributed by atoms with Crippen LogP contribution in [0.2, 0.25) is 0 Å². The van der Waals surface area contributed by atoms with E-state index < -0.39 is 6.10 Å². The molecule has 118 valence electrons. The number of amides is 2. The van der Waals surface area contributed by atoms with Crippen LogP contribution in [0.25, 0.3) is 0 Å². The Kier molecular flexibility index (Phi) is 7.05. The summed E-state index contributed by atoms with van der Waals surface area (Å²) in [5.74, 6) is 1.10. The van der Waals surface area contributed by atoms with Gasteiger partial charge in [0.05, 0.1) is 6.10 Å². The second kappa shape index (κ2) is 8.29. The monoisotopic (exact) mass is 310 g/mol. The van der Waals surface area contributed by atoms with E-state index in [0.29, 0.717) is 0 Å². The van der Waals surface area contributed by atoms with Crippen molar-refractivity contribution in [3.05, 3.63) is 29.8 Å². The summed E-state index contributed by atoms with van der Waals surface area (Å²) in [6.07, 6.45) is 2.55. The molecule has 0 heterocycles. The first-order valence-electron chi connectivity index (χ1n) is 7.13. The maximum absolute atomic E-state index is 11.8. The topological polar surface area (TPSA) is 61.4 Å². The number of aliphatic hydroxyl groups is 1. The zero-order valence-corrected chi connectivity index (χ0v) is 14.1. The highest BCUT2D eigenvalue weighted by atomic mass is 32.2. The summed E-state index contributed by atoms with van der Waals surface area (Å²) in [7, 11) is 0. The molecule has 2 amide bonds. The molecule has 0 radical (unpaired) electrons. The van der Waals surface area contributed by atoms with E-state index in [0.717, 1.165) is 17.9 Å². The predicted octanol–water partition coefficient (Wildman–Crippen LogP) is 3.12. The van der Waals surface area contributed by atoms with Crippen LogP contribution in [0.1, 0.15) is 26.3 Å². The molecule has 4 nitrogen and oxygen atoms in total.